The van der Waals surface area contributed by atoms with Gasteiger partial charge in [0.2, 0.25) is 0 Å². The van der Waals surface area contributed by atoms with Gasteiger partial charge in [-0.25, -0.2) is 0 Å². The second kappa shape index (κ2) is 3.90. The first-order chi connectivity index (χ1) is 4.61. The molecule has 1 rings (SSSR count). The van der Waals surface area contributed by atoms with Crippen molar-refractivity contribution in [1.29, 1.82) is 0 Å². The summed E-state index contributed by atoms with van der Waals surface area (Å²) in [5, 5.41) is 0.865. The minimum Gasteiger partial charge on any atom is -0.397 e. The van der Waals surface area contributed by atoms with Crippen LogP contribution >= 0.6 is 35.6 Å². The number of rotatable bonds is 0. The van der Waals surface area contributed by atoms with Gasteiger partial charge in [-0.1, -0.05) is 23.2 Å². The van der Waals surface area contributed by atoms with Crippen LogP contribution in [0, 0.1) is 0 Å². The van der Waals surface area contributed by atoms with Crippen LogP contribution in [-0.4, -0.2) is 0 Å². The van der Waals surface area contributed by atoms with Crippen molar-refractivity contribution in [1.82, 2.24) is 0 Å². The summed E-state index contributed by atoms with van der Waals surface area (Å²) < 4.78 is 0. The van der Waals surface area contributed by atoms with Crippen LogP contribution in [0.4, 0.5) is 11.4 Å². The predicted molar refractivity (Wildman–Crippen MR) is 52.5 cm³/mol. The van der Waals surface area contributed by atoms with E-state index in [2.05, 4.69) is 0 Å². The third kappa shape index (κ3) is 2.33. The first kappa shape index (κ1) is 10.7. The molecule has 0 heterocycles. The maximum absolute atomic E-state index is 5.62. The van der Waals surface area contributed by atoms with Gasteiger partial charge in [0, 0.05) is 0 Å². The van der Waals surface area contributed by atoms with Crippen LogP contribution in [0.2, 0.25) is 10.0 Å². The molecule has 0 radical (unpaired) electrons. The van der Waals surface area contributed by atoms with E-state index < -0.39 is 0 Å². The molecule has 4 N–H and O–H groups in total. The van der Waals surface area contributed by atoms with Crippen LogP contribution in [0.15, 0.2) is 12.1 Å². The molecule has 0 bridgehead atoms. The highest BCUT2D eigenvalue weighted by Gasteiger charge is 2.00. The van der Waals surface area contributed by atoms with E-state index in [1.54, 1.807) is 0 Å². The summed E-state index contributed by atoms with van der Waals surface area (Å²) in [7, 11) is 0. The highest BCUT2D eigenvalue weighted by Crippen LogP contribution is 2.28. The first-order valence-electron chi connectivity index (χ1n) is 2.61. The van der Waals surface area contributed by atoms with Crippen molar-refractivity contribution < 1.29 is 0 Å². The summed E-state index contributed by atoms with van der Waals surface area (Å²) >= 11 is 11.2. The normalized spacial score (nSPS) is 8.91. The zero-order valence-corrected chi connectivity index (χ0v) is 7.80. The van der Waals surface area contributed by atoms with Gasteiger partial charge in [-0.3, -0.25) is 0 Å². The fourth-order valence-corrected chi connectivity index (χ4v) is 0.922. The molecular formula is C6H7Cl3N2. The molecule has 1 aromatic rings. The summed E-state index contributed by atoms with van der Waals surface area (Å²) in [4.78, 5) is 0. The SMILES string of the molecule is Cl.Nc1cc(Cl)c(N)cc1Cl. The Bertz CT molecular complexity index is 212. The molecule has 0 saturated carbocycles. The molecule has 0 aliphatic rings. The molecular weight excluding hydrogens is 206 g/mol. The topological polar surface area (TPSA) is 52.0 Å². The molecule has 0 fully saturated rings. The van der Waals surface area contributed by atoms with Gasteiger partial charge in [-0.2, -0.15) is 0 Å². The van der Waals surface area contributed by atoms with Crippen LogP contribution < -0.4 is 11.5 Å². The molecule has 1 aromatic carbocycles. The molecule has 0 spiro atoms. The van der Waals surface area contributed by atoms with E-state index in [1.165, 1.54) is 12.1 Å². The van der Waals surface area contributed by atoms with Crippen LogP contribution in [0.3, 0.4) is 0 Å². The van der Waals surface area contributed by atoms with Gasteiger partial charge >= 0.3 is 0 Å². The summed E-state index contributed by atoms with van der Waals surface area (Å²) in [5.41, 5.74) is 11.7. The Kier molecular flexibility index (Phi) is 3.79. The number of nitrogens with two attached hydrogens (primary N) is 2. The van der Waals surface area contributed by atoms with Crippen LogP contribution in [0.1, 0.15) is 0 Å². The molecule has 62 valence electrons. The first-order valence-corrected chi connectivity index (χ1v) is 3.37. The lowest BCUT2D eigenvalue weighted by Gasteiger charge is -2.00. The van der Waals surface area contributed by atoms with Crippen molar-refractivity contribution in [2.24, 2.45) is 0 Å². The van der Waals surface area contributed by atoms with E-state index in [-0.39, 0.29) is 12.4 Å². The summed E-state index contributed by atoms with van der Waals surface area (Å²) in [5.74, 6) is 0. The lowest BCUT2D eigenvalue weighted by atomic mass is 10.3. The highest BCUT2D eigenvalue weighted by atomic mass is 35.5. The Hall–Kier alpha value is -0.310. The zero-order chi connectivity index (χ0) is 7.72. The Morgan fingerprint density at radius 2 is 1.18 bits per heavy atom. The van der Waals surface area contributed by atoms with Gasteiger partial charge in [0.15, 0.2) is 0 Å². The summed E-state index contributed by atoms with van der Waals surface area (Å²) in [6.07, 6.45) is 0. The Labute approximate surface area is 80.9 Å². The van der Waals surface area contributed by atoms with E-state index in [4.69, 9.17) is 34.7 Å². The Balaban J connectivity index is 0.000001000. The number of halogens is 3. The van der Waals surface area contributed by atoms with E-state index in [1.807, 2.05) is 0 Å². The molecule has 11 heavy (non-hydrogen) atoms. The van der Waals surface area contributed by atoms with E-state index >= 15 is 0 Å². The second-order valence-electron chi connectivity index (χ2n) is 1.90. The number of hydrogen-bond donors (Lipinski definition) is 2. The van der Waals surface area contributed by atoms with Gasteiger partial charge in [0.25, 0.3) is 0 Å². The molecule has 0 aliphatic carbocycles. The van der Waals surface area contributed by atoms with Crippen molar-refractivity contribution in [3.8, 4) is 0 Å². The number of hydrogen-bond acceptors (Lipinski definition) is 2. The maximum Gasteiger partial charge on any atom is 0.0656 e. The zero-order valence-electron chi connectivity index (χ0n) is 5.47. The monoisotopic (exact) mass is 212 g/mol. The molecule has 0 atom stereocenters. The van der Waals surface area contributed by atoms with Crippen LogP contribution in [-0.2, 0) is 0 Å². The molecule has 0 saturated heterocycles. The smallest absolute Gasteiger partial charge is 0.0656 e. The molecule has 5 heteroatoms. The van der Waals surface area contributed by atoms with Crippen LogP contribution in [0.5, 0.6) is 0 Å². The number of anilines is 2. The quantitative estimate of drug-likeness (QED) is 0.651. The minimum absolute atomic E-state index is 0. The largest absolute Gasteiger partial charge is 0.397 e. The van der Waals surface area contributed by atoms with Gasteiger partial charge in [0.1, 0.15) is 0 Å². The second-order valence-corrected chi connectivity index (χ2v) is 2.71. The fourth-order valence-electron chi connectivity index (χ4n) is 0.578. The molecule has 0 unspecified atom stereocenters. The molecule has 0 amide bonds. The Morgan fingerprint density at radius 3 is 1.45 bits per heavy atom. The van der Waals surface area contributed by atoms with Gasteiger partial charge in [0.05, 0.1) is 21.4 Å². The van der Waals surface area contributed by atoms with E-state index in [0.29, 0.717) is 21.4 Å². The van der Waals surface area contributed by atoms with Crippen molar-refractivity contribution in [2.45, 2.75) is 0 Å². The summed E-state index contributed by atoms with van der Waals surface area (Å²) in [6, 6.07) is 3.05. The lowest BCUT2D eigenvalue weighted by molar-refractivity contribution is 1.66. The van der Waals surface area contributed by atoms with E-state index in [9.17, 15) is 0 Å². The number of nitrogen functional groups attached to an aromatic ring is 2. The minimum atomic E-state index is 0. The lowest BCUT2D eigenvalue weighted by Crippen LogP contribution is -1.90. The molecule has 2 nitrogen and oxygen atoms in total. The molecule has 0 aliphatic heterocycles. The van der Waals surface area contributed by atoms with Gasteiger partial charge in [-0.15, -0.1) is 12.4 Å². The Morgan fingerprint density at radius 1 is 0.909 bits per heavy atom. The van der Waals surface area contributed by atoms with Crippen molar-refractivity contribution >= 4 is 47.0 Å². The fraction of sp³-hybridized carbons (Fsp3) is 0. The van der Waals surface area contributed by atoms with Crippen LogP contribution in [0.25, 0.3) is 0 Å². The predicted octanol–water partition coefficient (Wildman–Crippen LogP) is 2.58. The average Bonchev–Trinajstić information content (AvgIpc) is 1.84. The van der Waals surface area contributed by atoms with Gasteiger partial charge < -0.3 is 11.5 Å². The average molecular weight is 213 g/mol. The number of benzene rings is 1. The standard InChI is InChI=1S/C6H6Cl2N2.ClH/c7-3-1-5(9)4(8)2-6(3)10;/h1-2H,9-10H2;1H. The highest BCUT2D eigenvalue weighted by molar-refractivity contribution is 6.36. The molecule has 0 aromatic heterocycles. The van der Waals surface area contributed by atoms with E-state index in [0.717, 1.165) is 0 Å². The maximum atomic E-state index is 5.62. The third-order valence-electron chi connectivity index (χ3n) is 1.12. The van der Waals surface area contributed by atoms with Gasteiger partial charge in [-0.05, 0) is 12.1 Å². The van der Waals surface area contributed by atoms with Crippen molar-refractivity contribution in [3.63, 3.8) is 0 Å². The third-order valence-corrected chi connectivity index (χ3v) is 1.77. The van der Waals surface area contributed by atoms with Crippen molar-refractivity contribution in [3.05, 3.63) is 22.2 Å². The summed E-state index contributed by atoms with van der Waals surface area (Å²) in [6.45, 7) is 0. The van der Waals surface area contributed by atoms with Crippen molar-refractivity contribution in [2.75, 3.05) is 11.5 Å².